The fraction of sp³-hybridized carbons (Fsp3) is 0.316. The quantitative estimate of drug-likeness (QED) is 0.737. The van der Waals surface area contributed by atoms with Crippen molar-refractivity contribution in [1.82, 2.24) is 20.1 Å². The minimum Gasteiger partial charge on any atom is -0.352 e. The van der Waals surface area contributed by atoms with Gasteiger partial charge in [0, 0.05) is 18.3 Å². The number of thiazole rings is 1. The molecule has 0 unspecified atom stereocenters. The van der Waals surface area contributed by atoms with Gasteiger partial charge in [-0.3, -0.25) is 4.79 Å². The van der Waals surface area contributed by atoms with Crippen molar-refractivity contribution in [1.29, 1.82) is 0 Å². The maximum Gasteiger partial charge on any atom is 0.254 e. The van der Waals surface area contributed by atoms with Crippen molar-refractivity contribution in [2.24, 2.45) is 0 Å². The molecule has 1 aromatic carbocycles. The highest BCUT2D eigenvalue weighted by molar-refractivity contribution is 7.09. The second kappa shape index (κ2) is 7.61. The summed E-state index contributed by atoms with van der Waals surface area (Å²) in [6.45, 7) is 6.65. The molecular formula is C19H22N4OS. The van der Waals surface area contributed by atoms with Gasteiger partial charge in [0.05, 0.1) is 33.8 Å². The lowest BCUT2D eigenvalue weighted by molar-refractivity contribution is 0.0953. The highest BCUT2D eigenvalue weighted by atomic mass is 32.1. The van der Waals surface area contributed by atoms with Crippen molar-refractivity contribution in [2.45, 2.75) is 33.6 Å². The Labute approximate surface area is 151 Å². The first kappa shape index (κ1) is 17.4. The van der Waals surface area contributed by atoms with Gasteiger partial charge in [-0.05, 0) is 32.4 Å². The van der Waals surface area contributed by atoms with Crippen LogP contribution in [-0.2, 0) is 12.8 Å². The third kappa shape index (κ3) is 3.96. The van der Waals surface area contributed by atoms with Gasteiger partial charge >= 0.3 is 0 Å². The van der Waals surface area contributed by atoms with E-state index in [0.29, 0.717) is 12.1 Å². The van der Waals surface area contributed by atoms with Crippen LogP contribution in [0.25, 0.3) is 5.69 Å². The maximum absolute atomic E-state index is 12.5. The molecule has 3 rings (SSSR count). The fourth-order valence-corrected chi connectivity index (χ4v) is 3.38. The lowest BCUT2D eigenvalue weighted by atomic mass is 10.1. The van der Waals surface area contributed by atoms with Crippen LogP contribution in [0.1, 0.15) is 39.2 Å². The van der Waals surface area contributed by atoms with E-state index in [1.807, 2.05) is 48.2 Å². The monoisotopic (exact) mass is 354 g/mol. The van der Waals surface area contributed by atoms with Crippen LogP contribution in [0.15, 0.2) is 35.8 Å². The van der Waals surface area contributed by atoms with Crippen LogP contribution in [0.5, 0.6) is 0 Å². The van der Waals surface area contributed by atoms with E-state index in [0.717, 1.165) is 34.9 Å². The van der Waals surface area contributed by atoms with E-state index in [9.17, 15) is 4.79 Å². The summed E-state index contributed by atoms with van der Waals surface area (Å²) in [7, 11) is 0. The second-order valence-corrected chi connectivity index (χ2v) is 7.03. The van der Waals surface area contributed by atoms with Gasteiger partial charge in [-0.15, -0.1) is 11.3 Å². The van der Waals surface area contributed by atoms with Crippen LogP contribution in [0.3, 0.4) is 0 Å². The molecule has 2 heterocycles. The number of carbonyl (C=O) groups excluding carboxylic acids is 1. The summed E-state index contributed by atoms with van der Waals surface area (Å²) in [5.74, 6) is -0.0813. The van der Waals surface area contributed by atoms with Gasteiger partial charge in [-0.2, -0.15) is 5.10 Å². The zero-order valence-electron chi connectivity index (χ0n) is 14.7. The summed E-state index contributed by atoms with van der Waals surface area (Å²) in [6.07, 6.45) is 3.13. The molecule has 25 heavy (non-hydrogen) atoms. The van der Waals surface area contributed by atoms with Gasteiger partial charge in [-0.25, -0.2) is 9.67 Å². The van der Waals surface area contributed by atoms with Crippen molar-refractivity contribution < 1.29 is 4.79 Å². The third-order valence-electron chi connectivity index (χ3n) is 4.06. The van der Waals surface area contributed by atoms with Crippen molar-refractivity contribution in [3.05, 3.63) is 63.4 Å². The topological polar surface area (TPSA) is 59.8 Å². The molecule has 0 saturated heterocycles. The standard InChI is InChI=1S/C19H22N4OS/c1-4-18-17(11-21-23(18)16-7-5-13(2)6-8-16)19(24)20-10-9-15-12-25-14(3)22-15/h5-8,11-12H,4,9-10H2,1-3H3,(H,20,24). The lowest BCUT2D eigenvalue weighted by Gasteiger charge is -2.08. The van der Waals surface area contributed by atoms with E-state index >= 15 is 0 Å². The molecule has 0 aliphatic rings. The van der Waals surface area contributed by atoms with E-state index in [1.165, 1.54) is 5.56 Å². The molecule has 1 N–H and O–H groups in total. The molecule has 0 saturated carbocycles. The molecule has 3 aromatic rings. The van der Waals surface area contributed by atoms with E-state index in [1.54, 1.807) is 17.5 Å². The van der Waals surface area contributed by atoms with Crippen LogP contribution in [0, 0.1) is 13.8 Å². The first-order valence-corrected chi connectivity index (χ1v) is 9.29. The minimum atomic E-state index is -0.0813. The van der Waals surface area contributed by atoms with E-state index in [4.69, 9.17) is 0 Å². The zero-order valence-corrected chi connectivity index (χ0v) is 15.6. The number of carbonyl (C=O) groups is 1. The van der Waals surface area contributed by atoms with E-state index in [2.05, 4.69) is 22.3 Å². The smallest absolute Gasteiger partial charge is 0.254 e. The molecule has 6 heteroatoms. The summed E-state index contributed by atoms with van der Waals surface area (Å²) in [6, 6.07) is 8.14. The SMILES string of the molecule is CCc1c(C(=O)NCCc2csc(C)n2)cnn1-c1ccc(C)cc1. The van der Waals surface area contributed by atoms with Crippen molar-refractivity contribution in [2.75, 3.05) is 6.54 Å². The van der Waals surface area contributed by atoms with Gasteiger partial charge in [0.1, 0.15) is 0 Å². The minimum absolute atomic E-state index is 0.0813. The first-order valence-electron chi connectivity index (χ1n) is 8.41. The Hall–Kier alpha value is -2.47. The predicted molar refractivity (Wildman–Crippen MR) is 101 cm³/mol. The van der Waals surface area contributed by atoms with Crippen molar-refractivity contribution in [3.63, 3.8) is 0 Å². The summed E-state index contributed by atoms with van der Waals surface area (Å²) in [5.41, 5.74) is 4.75. The number of nitrogens with one attached hydrogen (secondary N) is 1. The normalized spacial score (nSPS) is 10.8. The molecule has 5 nitrogen and oxygen atoms in total. The number of hydrogen-bond donors (Lipinski definition) is 1. The number of amides is 1. The molecule has 0 atom stereocenters. The van der Waals surface area contributed by atoms with Gasteiger partial charge in [0.15, 0.2) is 0 Å². The number of rotatable bonds is 6. The van der Waals surface area contributed by atoms with Crippen molar-refractivity contribution in [3.8, 4) is 5.69 Å². The largest absolute Gasteiger partial charge is 0.352 e. The van der Waals surface area contributed by atoms with E-state index in [-0.39, 0.29) is 5.91 Å². The Kier molecular flexibility index (Phi) is 5.28. The molecule has 0 bridgehead atoms. The van der Waals surface area contributed by atoms with Gasteiger partial charge in [0.25, 0.3) is 5.91 Å². The third-order valence-corrected chi connectivity index (χ3v) is 4.88. The molecule has 0 aliphatic carbocycles. The van der Waals surface area contributed by atoms with Crippen LogP contribution in [0.2, 0.25) is 0 Å². The molecule has 0 radical (unpaired) electrons. The molecular weight excluding hydrogens is 332 g/mol. The number of benzene rings is 1. The molecule has 0 fully saturated rings. The highest BCUT2D eigenvalue weighted by Gasteiger charge is 2.16. The summed E-state index contributed by atoms with van der Waals surface area (Å²) in [4.78, 5) is 17.0. The van der Waals surface area contributed by atoms with Crippen LogP contribution in [-0.4, -0.2) is 27.2 Å². The number of hydrogen-bond acceptors (Lipinski definition) is 4. The van der Waals surface area contributed by atoms with Gasteiger partial charge in [0.2, 0.25) is 0 Å². The Balaban J connectivity index is 1.71. The van der Waals surface area contributed by atoms with Crippen LogP contribution < -0.4 is 5.32 Å². The van der Waals surface area contributed by atoms with Crippen LogP contribution >= 0.6 is 11.3 Å². The lowest BCUT2D eigenvalue weighted by Crippen LogP contribution is -2.26. The summed E-state index contributed by atoms with van der Waals surface area (Å²) < 4.78 is 1.85. The number of aryl methyl sites for hydroxylation is 2. The van der Waals surface area contributed by atoms with E-state index < -0.39 is 0 Å². The molecule has 130 valence electrons. The predicted octanol–water partition coefficient (Wildman–Crippen LogP) is 3.48. The Morgan fingerprint density at radius 3 is 2.64 bits per heavy atom. The Morgan fingerprint density at radius 1 is 1.24 bits per heavy atom. The molecule has 0 spiro atoms. The Bertz CT molecular complexity index is 864. The molecule has 2 aromatic heterocycles. The van der Waals surface area contributed by atoms with Crippen molar-refractivity contribution >= 4 is 17.2 Å². The Morgan fingerprint density at radius 2 is 2.00 bits per heavy atom. The second-order valence-electron chi connectivity index (χ2n) is 5.97. The highest BCUT2D eigenvalue weighted by Crippen LogP contribution is 2.16. The van der Waals surface area contributed by atoms with Gasteiger partial charge in [-0.1, -0.05) is 24.6 Å². The van der Waals surface area contributed by atoms with Gasteiger partial charge < -0.3 is 5.32 Å². The number of aromatic nitrogens is 3. The summed E-state index contributed by atoms with van der Waals surface area (Å²) >= 11 is 1.63. The molecule has 1 amide bonds. The zero-order chi connectivity index (χ0) is 17.8. The first-order chi connectivity index (χ1) is 12.1. The summed E-state index contributed by atoms with van der Waals surface area (Å²) in [5, 5.41) is 10.5. The average molecular weight is 354 g/mol. The molecule has 0 aliphatic heterocycles. The maximum atomic E-state index is 12.5. The van der Waals surface area contributed by atoms with Crippen LogP contribution in [0.4, 0.5) is 0 Å². The average Bonchev–Trinajstić information content (AvgIpc) is 3.21. The fourth-order valence-electron chi connectivity index (χ4n) is 2.73. The number of nitrogens with zero attached hydrogens (tertiary/aromatic N) is 3.